The van der Waals surface area contributed by atoms with Crippen molar-refractivity contribution in [3.05, 3.63) is 12.7 Å². The number of nitrogens with zero attached hydrogens (tertiary/aromatic N) is 1. The Bertz CT molecular complexity index is 99.8. The van der Waals surface area contributed by atoms with Gasteiger partial charge in [-0.3, -0.25) is 0 Å². The van der Waals surface area contributed by atoms with Gasteiger partial charge in [-0.05, 0) is 20.5 Å². The highest BCUT2D eigenvalue weighted by molar-refractivity contribution is 4.73. The zero-order valence-electron chi connectivity index (χ0n) is 7.22. The Kier molecular flexibility index (Phi) is 13.3. The molecule has 0 aromatic rings. The van der Waals surface area contributed by atoms with E-state index in [9.17, 15) is 0 Å². The molecule has 0 atom stereocenters. The molecule has 0 unspecified atom stereocenters. The van der Waals surface area contributed by atoms with Crippen LogP contribution in [0.2, 0.25) is 0 Å². The van der Waals surface area contributed by atoms with Gasteiger partial charge in [-0.1, -0.05) is 13.0 Å². The quantitative estimate of drug-likeness (QED) is 0.425. The Morgan fingerprint density at radius 1 is 1.70 bits per heavy atom. The molecule has 0 aromatic heterocycles. The first kappa shape index (κ1) is 12.0. The summed E-state index contributed by atoms with van der Waals surface area (Å²) in [5.74, 6) is 2.25. The molecule has 58 valence electrons. The van der Waals surface area contributed by atoms with Crippen LogP contribution < -0.4 is 0 Å². The van der Waals surface area contributed by atoms with Crippen molar-refractivity contribution in [1.29, 1.82) is 0 Å². The minimum absolute atomic E-state index is 0.997. The van der Waals surface area contributed by atoms with Gasteiger partial charge in [-0.2, -0.15) is 0 Å². The number of terminal acetylenes is 1. The fourth-order valence-corrected chi connectivity index (χ4v) is 0.349. The van der Waals surface area contributed by atoms with E-state index in [1.54, 1.807) is 6.92 Å². The van der Waals surface area contributed by atoms with E-state index in [4.69, 9.17) is 0 Å². The van der Waals surface area contributed by atoms with E-state index in [-0.39, 0.29) is 0 Å². The first-order valence-corrected chi connectivity index (χ1v) is 3.39. The zero-order chi connectivity index (χ0) is 8.41. The molecular formula is C9H17N. The first-order chi connectivity index (χ1) is 4.72. The highest BCUT2D eigenvalue weighted by Gasteiger charge is 1.83. The highest BCUT2D eigenvalue weighted by atomic mass is 15.1. The zero-order valence-corrected chi connectivity index (χ0v) is 7.22. The molecule has 0 N–H and O–H groups in total. The molecule has 0 saturated heterocycles. The van der Waals surface area contributed by atoms with Gasteiger partial charge in [0.25, 0.3) is 0 Å². The summed E-state index contributed by atoms with van der Waals surface area (Å²) in [6.07, 6.45) is 6.50. The lowest BCUT2D eigenvalue weighted by atomic mass is 10.5. The average molecular weight is 139 g/mol. The molecule has 0 aliphatic rings. The summed E-state index contributed by atoms with van der Waals surface area (Å²) in [5, 5.41) is 0. The monoisotopic (exact) mass is 139 g/mol. The van der Waals surface area contributed by atoms with E-state index in [2.05, 4.69) is 37.8 Å². The molecular weight excluding hydrogens is 122 g/mol. The third-order valence-electron chi connectivity index (χ3n) is 0.981. The van der Waals surface area contributed by atoms with E-state index in [0.717, 1.165) is 13.1 Å². The fraction of sp³-hybridized carbons (Fsp3) is 0.556. The predicted octanol–water partition coefficient (Wildman–Crippen LogP) is 1.76. The van der Waals surface area contributed by atoms with Crippen LogP contribution in [-0.2, 0) is 0 Å². The van der Waals surface area contributed by atoms with Gasteiger partial charge in [-0.25, -0.2) is 0 Å². The van der Waals surface area contributed by atoms with E-state index < -0.39 is 0 Å². The molecule has 0 aromatic carbocycles. The van der Waals surface area contributed by atoms with Crippen molar-refractivity contribution in [1.82, 2.24) is 4.90 Å². The maximum Gasteiger partial charge on any atom is 0.0157 e. The molecule has 0 saturated carbocycles. The Morgan fingerprint density at radius 3 is 2.20 bits per heavy atom. The largest absolute Gasteiger partial charge is 0.303 e. The van der Waals surface area contributed by atoms with Crippen molar-refractivity contribution in [2.75, 3.05) is 20.1 Å². The lowest BCUT2D eigenvalue weighted by Crippen LogP contribution is -2.16. The first-order valence-electron chi connectivity index (χ1n) is 3.39. The Labute approximate surface area is 64.7 Å². The van der Waals surface area contributed by atoms with Crippen molar-refractivity contribution in [2.24, 2.45) is 0 Å². The van der Waals surface area contributed by atoms with Gasteiger partial charge in [0, 0.05) is 6.54 Å². The standard InChI is InChI=1S/C6H13N.C3H4/c1-4-6-7(3)5-2;1-3-2/h4H,1,5-6H2,2-3H3;1H,2H3. The average Bonchev–Trinajstić information content (AvgIpc) is 1.90. The molecule has 0 rings (SSSR count). The van der Waals surface area contributed by atoms with Crippen LogP contribution in [0.5, 0.6) is 0 Å². The summed E-state index contributed by atoms with van der Waals surface area (Å²) in [6.45, 7) is 9.49. The maximum absolute atomic E-state index is 4.60. The van der Waals surface area contributed by atoms with Crippen LogP contribution in [0.15, 0.2) is 12.7 Å². The fourth-order valence-electron chi connectivity index (χ4n) is 0.349. The predicted molar refractivity (Wildman–Crippen MR) is 47.9 cm³/mol. The molecule has 0 aliphatic carbocycles. The van der Waals surface area contributed by atoms with Crippen LogP contribution in [0.1, 0.15) is 13.8 Å². The van der Waals surface area contributed by atoms with Crippen molar-refractivity contribution in [3.8, 4) is 12.3 Å². The summed E-state index contributed by atoms with van der Waals surface area (Å²) in [5.41, 5.74) is 0. The summed E-state index contributed by atoms with van der Waals surface area (Å²) < 4.78 is 0. The van der Waals surface area contributed by atoms with Gasteiger partial charge >= 0.3 is 0 Å². The second-order valence-corrected chi connectivity index (χ2v) is 1.93. The number of hydrogen-bond acceptors (Lipinski definition) is 1. The van der Waals surface area contributed by atoms with Gasteiger partial charge in [-0.15, -0.1) is 18.9 Å². The molecule has 1 heteroatoms. The van der Waals surface area contributed by atoms with E-state index in [1.165, 1.54) is 0 Å². The molecule has 0 spiro atoms. The Hall–Kier alpha value is -0.740. The third kappa shape index (κ3) is 15.7. The molecule has 0 heterocycles. The van der Waals surface area contributed by atoms with Gasteiger partial charge in [0.05, 0.1) is 0 Å². The van der Waals surface area contributed by atoms with Crippen LogP contribution in [0, 0.1) is 12.3 Å². The van der Waals surface area contributed by atoms with Crippen LogP contribution in [0.25, 0.3) is 0 Å². The van der Waals surface area contributed by atoms with Gasteiger partial charge in [0.1, 0.15) is 0 Å². The van der Waals surface area contributed by atoms with Gasteiger partial charge in [0.15, 0.2) is 0 Å². The minimum Gasteiger partial charge on any atom is -0.303 e. The third-order valence-corrected chi connectivity index (χ3v) is 0.981. The molecule has 0 aliphatic heterocycles. The number of hydrogen-bond donors (Lipinski definition) is 0. The number of rotatable bonds is 3. The van der Waals surface area contributed by atoms with Gasteiger partial charge in [0.2, 0.25) is 0 Å². The minimum atomic E-state index is 0.997. The SMILES string of the molecule is C#CC.C=CCN(C)CC. The lowest BCUT2D eigenvalue weighted by molar-refractivity contribution is 0.392. The molecule has 1 nitrogen and oxygen atoms in total. The summed E-state index contributed by atoms with van der Waals surface area (Å²) >= 11 is 0. The highest BCUT2D eigenvalue weighted by Crippen LogP contribution is 1.77. The normalized spacial score (nSPS) is 7.50. The van der Waals surface area contributed by atoms with E-state index in [0.29, 0.717) is 0 Å². The molecule has 0 radical (unpaired) electrons. The van der Waals surface area contributed by atoms with Crippen molar-refractivity contribution >= 4 is 0 Å². The van der Waals surface area contributed by atoms with Crippen molar-refractivity contribution in [2.45, 2.75) is 13.8 Å². The van der Waals surface area contributed by atoms with Gasteiger partial charge < -0.3 is 4.90 Å². The molecule has 0 bridgehead atoms. The second-order valence-electron chi connectivity index (χ2n) is 1.93. The van der Waals surface area contributed by atoms with Crippen LogP contribution >= 0.6 is 0 Å². The molecule has 0 amide bonds. The Morgan fingerprint density at radius 2 is 2.10 bits per heavy atom. The summed E-state index contributed by atoms with van der Waals surface area (Å²) in [4.78, 5) is 2.19. The molecule has 10 heavy (non-hydrogen) atoms. The number of likely N-dealkylation sites (N-methyl/N-ethyl adjacent to an activating group) is 1. The summed E-state index contributed by atoms with van der Waals surface area (Å²) in [6, 6.07) is 0. The molecule has 0 fully saturated rings. The van der Waals surface area contributed by atoms with Crippen molar-refractivity contribution in [3.63, 3.8) is 0 Å². The van der Waals surface area contributed by atoms with Crippen molar-refractivity contribution < 1.29 is 0 Å². The lowest BCUT2D eigenvalue weighted by Gasteiger charge is -2.08. The Balaban J connectivity index is 0. The van der Waals surface area contributed by atoms with Crippen LogP contribution in [0.3, 0.4) is 0 Å². The van der Waals surface area contributed by atoms with Crippen LogP contribution in [0.4, 0.5) is 0 Å². The smallest absolute Gasteiger partial charge is 0.0157 e. The maximum atomic E-state index is 4.60. The summed E-state index contributed by atoms with van der Waals surface area (Å²) in [7, 11) is 2.07. The van der Waals surface area contributed by atoms with Crippen LogP contribution in [-0.4, -0.2) is 25.0 Å². The van der Waals surface area contributed by atoms with E-state index in [1.807, 2.05) is 6.08 Å². The second kappa shape index (κ2) is 11.1. The topological polar surface area (TPSA) is 3.24 Å². The van der Waals surface area contributed by atoms with E-state index >= 15 is 0 Å².